The van der Waals surface area contributed by atoms with Crippen LogP contribution in [0.3, 0.4) is 0 Å². The van der Waals surface area contributed by atoms with Crippen molar-refractivity contribution >= 4 is 17.7 Å². The number of hydrogen-bond donors (Lipinski definition) is 0. The summed E-state index contributed by atoms with van der Waals surface area (Å²) in [4.78, 5) is 35.2. The molecule has 0 radical (unpaired) electrons. The van der Waals surface area contributed by atoms with Gasteiger partial charge in [0.05, 0.1) is 6.61 Å². The monoisotopic (exact) mass is 215 g/mol. The number of Topliss-reactive ketones (excluding diaryl/α,β-unsaturated/α-hetero) is 1. The van der Waals surface area contributed by atoms with Crippen molar-refractivity contribution in [2.75, 3.05) is 20.7 Å². The van der Waals surface area contributed by atoms with Gasteiger partial charge in [0.2, 0.25) is 5.91 Å². The zero-order chi connectivity index (χ0) is 12.0. The third-order valence-electron chi connectivity index (χ3n) is 1.94. The van der Waals surface area contributed by atoms with Gasteiger partial charge in [0.1, 0.15) is 11.7 Å². The highest BCUT2D eigenvalue weighted by Gasteiger charge is 2.27. The first-order valence-electron chi connectivity index (χ1n) is 4.77. The summed E-state index contributed by atoms with van der Waals surface area (Å²) in [6.07, 6.45) is -0.124. The quantitative estimate of drug-likeness (QED) is 0.486. The Hall–Kier alpha value is -1.39. The van der Waals surface area contributed by atoms with Gasteiger partial charge >= 0.3 is 5.97 Å². The van der Waals surface area contributed by atoms with Crippen LogP contribution in [-0.4, -0.2) is 43.3 Å². The van der Waals surface area contributed by atoms with Crippen LogP contribution in [0.15, 0.2) is 0 Å². The van der Waals surface area contributed by atoms with Crippen LogP contribution in [0.5, 0.6) is 0 Å². The smallest absolute Gasteiger partial charge is 0.316 e. The van der Waals surface area contributed by atoms with Crippen LogP contribution < -0.4 is 0 Å². The molecule has 0 fully saturated rings. The summed E-state index contributed by atoms with van der Waals surface area (Å²) in [5.74, 6) is -2.20. The molecule has 0 heterocycles. The van der Waals surface area contributed by atoms with Crippen LogP contribution in [0.2, 0.25) is 0 Å². The zero-order valence-corrected chi connectivity index (χ0v) is 9.57. The van der Waals surface area contributed by atoms with Crippen LogP contribution in [-0.2, 0) is 19.1 Å². The molecule has 0 rings (SSSR count). The molecule has 0 bridgehead atoms. The second kappa shape index (κ2) is 6.16. The Kier molecular flexibility index (Phi) is 5.59. The highest BCUT2D eigenvalue weighted by atomic mass is 16.5. The van der Waals surface area contributed by atoms with Crippen LogP contribution in [0.4, 0.5) is 0 Å². The summed E-state index contributed by atoms with van der Waals surface area (Å²) in [7, 11) is 3.15. The van der Waals surface area contributed by atoms with Crippen LogP contribution >= 0.6 is 0 Å². The van der Waals surface area contributed by atoms with Gasteiger partial charge < -0.3 is 9.64 Å². The summed E-state index contributed by atoms with van der Waals surface area (Å²) in [5, 5.41) is 0. The molecule has 0 aliphatic carbocycles. The van der Waals surface area contributed by atoms with Crippen molar-refractivity contribution in [3.63, 3.8) is 0 Å². The van der Waals surface area contributed by atoms with Gasteiger partial charge in [-0.15, -0.1) is 0 Å². The van der Waals surface area contributed by atoms with Gasteiger partial charge in [0.15, 0.2) is 0 Å². The summed E-state index contributed by atoms with van der Waals surface area (Å²) in [5.41, 5.74) is 0. The predicted octanol–water partition coefficient (Wildman–Crippen LogP) is 0.233. The Morgan fingerprint density at radius 1 is 1.27 bits per heavy atom. The van der Waals surface area contributed by atoms with Crippen molar-refractivity contribution in [2.24, 2.45) is 5.92 Å². The highest BCUT2D eigenvalue weighted by molar-refractivity contribution is 6.01. The van der Waals surface area contributed by atoms with E-state index >= 15 is 0 Å². The molecule has 15 heavy (non-hydrogen) atoms. The van der Waals surface area contributed by atoms with Crippen LogP contribution in [0.25, 0.3) is 0 Å². The maximum absolute atomic E-state index is 11.3. The van der Waals surface area contributed by atoms with E-state index in [-0.39, 0.29) is 24.7 Å². The molecule has 5 heteroatoms. The number of ether oxygens (including phenoxy) is 1. The summed E-state index contributed by atoms with van der Waals surface area (Å²) < 4.78 is 4.72. The minimum absolute atomic E-state index is 0.124. The predicted molar refractivity (Wildman–Crippen MR) is 54.1 cm³/mol. The first-order valence-corrected chi connectivity index (χ1v) is 4.77. The van der Waals surface area contributed by atoms with E-state index in [0.717, 1.165) is 0 Å². The Balaban J connectivity index is 4.48. The van der Waals surface area contributed by atoms with E-state index in [1.54, 1.807) is 21.0 Å². The lowest BCUT2D eigenvalue weighted by molar-refractivity contribution is -0.153. The fourth-order valence-electron chi connectivity index (χ4n) is 0.993. The lowest BCUT2D eigenvalue weighted by Crippen LogP contribution is -2.32. The topological polar surface area (TPSA) is 63.7 Å². The van der Waals surface area contributed by atoms with Crippen molar-refractivity contribution in [3.05, 3.63) is 0 Å². The maximum Gasteiger partial charge on any atom is 0.316 e. The molecule has 1 atom stereocenters. The maximum atomic E-state index is 11.3. The largest absolute Gasteiger partial charge is 0.465 e. The van der Waals surface area contributed by atoms with E-state index in [1.807, 2.05) is 0 Å². The third-order valence-corrected chi connectivity index (χ3v) is 1.94. The molecule has 0 aliphatic heterocycles. The molecule has 0 N–H and O–H groups in total. The molecule has 0 aromatic heterocycles. The highest BCUT2D eigenvalue weighted by Crippen LogP contribution is 2.09. The van der Waals surface area contributed by atoms with E-state index in [0.29, 0.717) is 0 Å². The molecule has 0 aromatic carbocycles. The average Bonchev–Trinajstić information content (AvgIpc) is 2.13. The molecule has 0 spiro atoms. The molecule has 0 saturated heterocycles. The molecule has 0 aliphatic rings. The Bertz CT molecular complexity index is 260. The molecule has 0 saturated carbocycles. The van der Waals surface area contributed by atoms with Crippen LogP contribution in [0.1, 0.15) is 20.3 Å². The number of carbonyl (C=O) groups is 3. The van der Waals surface area contributed by atoms with Gasteiger partial charge in [0, 0.05) is 20.5 Å². The van der Waals surface area contributed by atoms with Crippen molar-refractivity contribution < 1.29 is 19.1 Å². The minimum Gasteiger partial charge on any atom is -0.465 e. The number of amides is 1. The second-order valence-corrected chi connectivity index (χ2v) is 3.41. The summed E-state index contributed by atoms with van der Waals surface area (Å²) >= 11 is 0. The molecule has 0 aromatic rings. The normalized spacial score (nSPS) is 11.7. The lowest BCUT2D eigenvalue weighted by Gasteiger charge is -2.15. The van der Waals surface area contributed by atoms with Gasteiger partial charge in [-0.3, -0.25) is 14.4 Å². The summed E-state index contributed by atoms with van der Waals surface area (Å²) in [6, 6.07) is 0. The average molecular weight is 215 g/mol. The molecular weight excluding hydrogens is 198 g/mol. The first-order chi connectivity index (χ1) is 6.90. The van der Waals surface area contributed by atoms with Crippen molar-refractivity contribution in [2.45, 2.75) is 20.3 Å². The van der Waals surface area contributed by atoms with Gasteiger partial charge in [-0.2, -0.15) is 0 Å². The Morgan fingerprint density at radius 2 is 1.80 bits per heavy atom. The number of hydrogen-bond acceptors (Lipinski definition) is 4. The number of ketones is 1. The van der Waals surface area contributed by atoms with E-state index in [4.69, 9.17) is 4.74 Å². The summed E-state index contributed by atoms with van der Waals surface area (Å²) in [6.45, 7) is 3.14. The Labute approximate surface area is 89.4 Å². The number of rotatable bonds is 5. The van der Waals surface area contributed by atoms with Gasteiger partial charge in [-0.05, 0) is 13.8 Å². The standard InChI is InChI=1S/C10H17NO4/c1-5-15-10(14)8(7(2)12)6-9(13)11(3)4/h8H,5-6H2,1-4H3. The fourth-order valence-corrected chi connectivity index (χ4v) is 0.993. The second-order valence-electron chi connectivity index (χ2n) is 3.41. The van der Waals surface area contributed by atoms with Crippen molar-refractivity contribution in [3.8, 4) is 0 Å². The SMILES string of the molecule is CCOC(=O)C(CC(=O)N(C)C)C(C)=O. The lowest BCUT2D eigenvalue weighted by atomic mass is 10.0. The molecule has 1 amide bonds. The van der Waals surface area contributed by atoms with Crippen molar-refractivity contribution in [1.29, 1.82) is 0 Å². The van der Waals surface area contributed by atoms with Gasteiger partial charge in [0.25, 0.3) is 0 Å². The number of esters is 1. The van der Waals surface area contributed by atoms with E-state index in [2.05, 4.69) is 0 Å². The zero-order valence-electron chi connectivity index (χ0n) is 9.57. The number of carbonyl (C=O) groups excluding carboxylic acids is 3. The Morgan fingerprint density at radius 3 is 2.13 bits per heavy atom. The minimum atomic E-state index is -0.972. The van der Waals surface area contributed by atoms with E-state index in [9.17, 15) is 14.4 Å². The first kappa shape index (κ1) is 13.6. The molecule has 5 nitrogen and oxygen atoms in total. The fraction of sp³-hybridized carbons (Fsp3) is 0.700. The number of nitrogens with zero attached hydrogens (tertiary/aromatic N) is 1. The molecular formula is C10H17NO4. The molecule has 86 valence electrons. The van der Waals surface area contributed by atoms with E-state index < -0.39 is 11.9 Å². The van der Waals surface area contributed by atoms with Gasteiger partial charge in [-0.25, -0.2) is 0 Å². The van der Waals surface area contributed by atoms with E-state index in [1.165, 1.54) is 11.8 Å². The third kappa shape index (κ3) is 4.58. The van der Waals surface area contributed by atoms with Crippen LogP contribution in [0, 0.1) is 5.92 Å². The van der Waals surface area contributed by atoms with Crippen molar-refractivity contribution in [1.82, 2.24) is 4.90 Å². The molecule has 1 unspecified atom stereocenters. The van der Waals surface area contributed by atoms with Gasteiger partial charge in [-0.1, -0.05) is 0 Å².